The molecule has 11 heteroatoms. The minimum absolute atomic E-state index is 0.196. The highest BCUT2D eigenvalue weighted by atomic mass is 32.2. The lowest BCUT2D eigenvalue weighted by atomic mass is 9.98. The Hall–Kier alpha value is -4.35. The molecule has 10 nitrogen and oxygen atoms in total. The summed E-state index contributed by atoms with van der Waals surface area (Å²) in [7, 11) is 0. The number of rotatable bonds is 6. The average molecular weight is 572 g/mol. The Kier molecular flexibility index (Phi) is 7.14. The Morgan fingerprint density at radius 3 is 2.71 bits per heavy atom. The summed E-state index contributed by atoms with van der Waals surface area (Å²) in [5, 5.41) is 16.3. The Balaban J connectivity index is 1.23. The number of carbonyl (C=O) groups excluding carboxylic acids is 3. The van der Waals surface area contributed by atoms with Crippen molar-refractivity contribution in [2.24, 2.45) is 0 Å². The second-order valence-corrected chi connectivity index (χ2v) is 11.4. The summed E-state index contributed by atoms with van der Waals surface area (Å²) in [6.07, 6.45) is 2.41. The molecular weight excluding hydrogens is 542 g/mol. The third-order valence-corrected chi connectivity index (χ3v) is 8.70. The summed E-state index contributed by atoms with van der Waals surface area (Å²) in [5.41, 5.74) is 2.98. The van der Waals surface area contributed by atoms with E-state index in [0.717, 1.165) is 11.1 Å². The van der Waals surface area contributed by atoms with Crippen molar-refractivity contribution in [2.75, 3.05) is 18.0 Å². The number of aliphatic hydroxyl groups is 1. The van der Waals surface area contributed by atoms with Crippen LogP contribution >= 0.6 is 11.8 Å². The van der Waals surface area contributed by atoms with Crippen molar-refractivity contribution in [1.82, 2.24) is 20.5 Å². The van der Waals surface area contributed by atoms with Crippen LogP contribution in [-0.4, -0.2) is 63.3 Å². The highest BCUT2D eigenvalue weighted by Gasteiger charge is 2.47. The second kappa shape index (κ2) is 10.9. The maximum absolute atomic E-state index is 13.6. The molecule has 210 valence electrons. The van der Waals surface area contributed by atoms with E-state index in [0.29, 0.717) is 34.3 Å². The van der Waals surface area contributed by atoms with Crippen molar-refractivity contribution in [3.05, 3.63) is 84.6 Å². The van der Waals surface area contributed by atoms with Crippen LogP contribution in [0.3, 0.4) is 0 Å². The van der Waals surface area contributed by atoms with Crippen LogP contribution in [0.25, 0.3) is 0 Å². The quantitative estimate of drug-likeness (QED) is 0.384. The number of para-hydroxylation sites is 1. The van der Waals surface area contributed by atoms with Crippen LogP contribution < -0.4 is 20.3 Å². The van der Waals surface area contributed by atoms with Gasteiger partial charge in [-0.3, -0.25) is 14.5 Å². The first kappa shape index (κ1) is 26.9. The van der Waals surface area contributed by atoms with Crippen molar-refractivity contribution < 1.29 is 24.2 Å². The fraction of sp³-hybridized carbons (Fsp3) is 0.267. The number of hydrogen-bond donors (Lipinski definition) is 3. The van der Waals surface area contributed by atoms with Gasteiger partial charge in [0.25, 0.3) is 0 Å². The number of likely N-dealkylation sites (tertiary alicyclic amines) is 1. The molecule has 3 aromatic rings. The predicted molar refractivity (Wildman–Crippen MR) is 154 cm³/mol. The minimum atomic E-state index is -0.754. The number of ether oxygens (including phenoxy) is 1. The molecule has 6 rings (SSSR count). The lowest BCUT2D eigenvalue weighted by Gasteiger charge is -2.37. The van der Waals surface area contributed by atoms with E-state index < -0.39 is 23.4 Å². The molecular formula is C30H29N5O5S. The van der Waals surface area contributed by atoms with Gasteiger partial charge >= 0.3 is 6.03 Å². The first-order valence-electron chi connectivity index (χ1n) is 13.3. The van der Waals surface area contributed by atoms with Crippen molar-refractivity contribution in [3.8, 4) is 11.5 Å². The number of β-amino-alcohol motifs (C(OH)–C–C–N with tert-alkyl or cyclic N) is 1. The molecule has 4 atom stereocenters. The summed E-state index contributed by atoms with van der Waals surface area (Å²) < 4.78 is 5.96. The summed E-state index contributed by atoms with van der Waals surface area (Å²) in [6, 6.07) is 15.4. The van der Waals surface area contributed by atoms with Gasteiger partial charge < -0.3 is 25.4 Å². The second-order valence-electron chi connectivity index (χ2n) is 10.3. The number of nitrogens with zero attached hydrogens (tertiary/aromatic N) is 3. The molecule has 1 aromatic heterocycles. The molecule has 0 saturated carbocycles. The Labute approximate surface area is 241 Å². The van der Waals surface area contributed by atoms with Gasteiger partial charge in [0.05, 0.1) is 23.5 Å². The first-order chi connectivity index (χ1) is 19.8. The Bertz CT molecular complexity index is 1530. The monoisotopic (exact) mass is 571 g/mol. The summed E-state index contributed by atoms with van der Waals surface area (Å²) in [6.45, 7) is 5.89. The topological polar surface area (TPSA) is 124 Å². The minimum Gasteiger partial charge on any atom is -0.457 e. The summed E-state index contributed by atoms with van der Waals surface area (Å²) >= 11 is 1.30. The van der Waals surface area contributed by atoms with Crippen LogP contribution in [0.4, 0.5) is 16.2 Å². The van der Waals surface area contributed by atoms with E-state index in [2.05, 4.69) is 22.2 Å². The van der Waals surface area contributed by atoms with Gasteiger partial charge in [-0.2, -0.15) is 0 Å². The molecule has 0 bridgehead atoms. The van der Waals surface area contributed by atoms with Gasteiger partial charge in [0.2, 0.25) is 11.8 Å². The first-order valence-corrected chi connectivity index (χ1v) is 14.2. The van der Waals surface area contributed by atoms with E-state index in [-0.39, 0.29) is 30.9 Å². The third kappa shape index (κ3) is 5.14. The number of thioether (sulfide) groups is 1. The van der Waals surface area contributed by atoms with Crippen LogP contribution in [-0.2, 0) is 9.59 Å². The molecule has 2 aromatic carbocycles. The van der Waals surface area contributed by atoms with Crippen LogP contribution in [0.5, 0.6) is 11.5 Å². The number of piperidine rings is 1. The van der Waals surface area contributed by atoms with Gasteiger partial charge in [-0.25, -0.2) is 9.78 Å². The molecule has 0 spiro atoms. The zero-order valence-corrected chi connectivity index (χ0v) is 23.1. The zero-order chi connectivity index (χ0) is 28.7. The maximum Gasteiger partial charge on any atom is 0.327 e. The molecule has 41 heavy (non-hydrogen) atoms. The van der Waals surface area contributed by atoms with Crippen LogP contribution in [0.15, 0.2) is 78.5 Å². The van der Waals surface area contributed by atoms with E-state index >= 15 is 0 Å². The summed E-state index contributed by atoms with van der Waals surface area (Å²) in [4.78, 5) is 46.8. The fourth-order valence-electron chi connectivity index (χ4n) is 5.60. The van der Waals surface area contributed by atoms with Crippen molar-refractivity contribution >= 4 is 41.0 Å². The number of aromatic nitrogens is 1. The van der Waals surface area contributed by atoms with Crippen molar-refractivity contribution in [1.29, 1.82) is 0 Å². The van der Waals surface area contributed by atoms with E-state index in [4.69, 9.17) is 4.74 Å². The number of benzene rings is 2. The Morgan fingerprint density at radius 2 is 1.95 bits per heavy atom. The van der Waals surface area contributed by atoms with Crippen LogP contribution in [0.1, 0.15) is 23.6 Å². The smallest absolute Gasteiger partial charge is 0.327 e. The number of carbonyl (C=O) groups is 3. The number of nitrogens with one attached hydrogen (secondary N) is 2. The molecule has 3 N–H and O–H groups in total. The van der Waals surface area contributed by atoms with Gasteiger partial charge in [-0.1, -0.05) is 36.5 Å². The molecule has 4 heterocycles. The lowest BCUT2D eigenvalue weighted by Crippen LogP contribution is -2.56. The highest BCUT2D eigenvalue weighted by molar-refractivity contribution is 8.01. The molecule has 4 amide bonds. The average Bonchev–Trinajstić information content (AvgIpc) is 3.33. The number of urea groups is 1. The molecule has 2 unspecified atom stereocenters. The molecule has 0 radical (unpaired) electrons. The normalized spacial score (nSPS) is 22.9. The van der Waals surface area contributed by atoms with Gasteiger partial charge in [0, 0.05) is 30.9 Å². The highest BCUT2D eigenvalue weighted by Crippen LogP contribution is 2.51. The molecule has 0 aliphatic carbocycles. The van der Waals surface area contributed by atoms with E-state index in [1.165, 1.54) is 22.7 Å². The number of aryl methyl sites for hydroxylation is 1. The van der Waals surface area contributed by atoms with Gasteiger partial charge in [-0.05, 0) is 61.4 Å². The Morgan fingerprint density at radius 1 is 1.15 bits per heavy atom. The molecule has 1 saturated heterocycles. The number of amides is 4. The molecule has 1 fully saturated rings. The van der Waals surface area contributed by atoms with E-state index in [9.17, 15) is 19.5 Å². The lowest BCUT2D eigenvalue weighted by molar-refractivity contribution is -0.131. The van der Waals surface area contributed by atoms with Crippen molar-refractivity contribution in [3.63, 3.8) is 0 Å². The maximum atomic E-state index is 13.6. The zero-order valence-electron chi connectivity index (χ0n) is 22.3. The fourth-order valence-corrected chi connectivity index (χ4v) is 6.84. The van der Waals surface area contributed by atoms with Gasteiger partial charge in [0.1, 0.15) is 21.8 Å². The van der Waals surface area contributed by atoms with Crippen molar-refractivity contribution in [2.45, 2.75) is 41.8 Å². The van der Waals surface area contributed by atoms with E-state index in [1.807, 2.05) is 55.5 Å². The largest absolute Gasteiger partial charge is 0.457 e. The number of anilines is 2. The van der Waals surface area contributed by atoms with Gasteiger partial charge in [0.15, 0.2) is 0 Å². The number of hydrogen-bond acceptors (Lipinski definition) is 7. The SMILES string of the molecule is C=CC(=O)N1C[C@@H](O)C[C@@H](NC(=O)C2Sc3nccc4c3C2NC(=O)N4c2ccc(Oc3ccccc3)cc2C)C1. The van der Waals surface area contributed by atoms with Crippen LogP contribution in [0, 0.1) is 6.92 Å². The van der Waals surface area contributed by atoms with Crippen LogP contribution in [0.2, 0.25) is 0 Å². The number of aliphatic hydroxyl groups excluding tert-OH is 1. The standard InChI is InChI=1S/C30H29N5O5S/c1-3-24(37)34-15-18(14-19(36)16-34)32-28(38)27-26-25-23(11-12-31-29(25)41-27)35(30(39)33-26)22-10-9-21(13-17(22)2)40-20-7-5-4-6-8-20/h3-13,18-19,26-27,36H,1,14-16H2,2H3,(H,32,38)(H,33,39)/t18-,19+,26?,27?/m1/s1. The molecule has 3 aliphatic heterocycles. The van der Waals surface area contributed by atoms with E-state index in [1.54, 1.807) is 17.2 Å². The predicted octanol–water partition coefficient (Wildman–Crippen LogP) is 3.82. The van der Waals surface area contributed by atoms with Gasteiger partial charge in [-0.15, -0.1) is 0 Å². The number of pyridine rings is 1. The third-order valence-electron chi connectivity index (χ3n) is 7.41. The molecule has 3 aliphatic rings. The summed E-state index contributed by atoms with van der Waals surface area (Å²) in [5.74, 6) is 0.783.